The van der Waals surface area contributed by atoms with E-state index >= 15 is 0 Å². The second-order valence-corrected chi connectivity index (χ2v) is 4.96. The summed E-state index contributed by atoms with van der Waals surface area (Å²) in [5, 5.41) is 3.43. The summed E-state index contributed by atoms with van der Waals surface area (Å²) in [5.74, 6) is 1.03. The van der Waals surface area contributed by atoms with Crippen molar-refractivity contribution in [2.24, 2.45) is 0 Å². The second kappa shape index (κ2) is 4.10. The van der Waals surface area contributed by atoms with Gasteiger partial charge in [0.2, 0.25) is 0 Å². The van der Waals surface area contributed by atoms with Crippen LogP contribution < -0.4 is 10.1 Å². The molecule has 0 unspecified atom stereocenters. The first-order valence-electron chi connectivity index (χ1n) is 5.93. The SMILES string of the molecule is CNC1(Cc2cc(C)c(C)cc2OC)CC1. The van der Waals surface area contributed by atoms with E-state index in [1.165, 1.54) is 29.5 Å². The summed E-state index contributed by atoms with van der Waals surface area (Å²) in [5.41, 5.74) is 4.32. The molecule has 1 aromatic carbocycles. The van der Waals surface area contributed by atoms with Crippen LogP contribution in [0.2, 0.25) is 0 Å². The Hall–Kier alpha value is -1.02. The number of nitrogens with one attached hydrogen (secondary N) is 1. The predicted octanol–water partition coefficient (Wildman–Crippen LogP) is 2.61. The van der Waals surface area contributed by atoms with Crippen LogP contribution in [0.1, 0.15) is 29.5 Å². The molecule has 2 heteroatoms. The molecular formula is C14H21NO. The van der Waals surface area contributed by atoms with E-state index in [1.807, 2.05) is 0 Å². The van der Waals surface area contributed by atoms with Gasteiger partial charge >= 0.3 is 0 Å². The van der Waals surface area contributed by atoms with Crippen molar-refractivity contribution in [2.45, 2.75) is 38.6 Å². The van der Waals surface area contributed by atoms with Crippen LogP contribution in [0.3, 0.4) is 0 Å². The third kappa shape index (κ3) is 2.07. The maximum absolute atomic E-state index is 5.47. The van der Waals surface area contributed by atoms with Crippen molar-refractivity contribution in [3.63, 3.8) is 0 Å². The van der Waals surface area contributed by atoms with Crippen LogP contribution in [-0.4, -0.2) is 19.7 Å². The molecule has 0 aliphatic heterocycles. The molecule has 0 heterocycles. The monoisotopic (exact) mass is 219 g/mol. The summed E-state index contributed by atoms with van der Waals surface area (Å²) in [6, 6.07) is 4.42. The standard InChI is InChI=1S/C14H21NO/c1-10-7-12(9-14(15-3)5-6-14)13(16-4)8-11(10)2/h7-8,15H,5-6,9H2,1-4H3. The van der Waals surface area contributed by atoms with Gasteiger partial charge in [0.15, 0.2) is 0 Å². The molecule has 1 aromatic rings. The summed E-state index contributed by atoms with van der Waals surface area (Å²) >= 11 is 0. The Morgan fingerprint density at radius 3 is 2.38 bits per heavy atom. The molecule has 88 valence electrons. The van der Waals surface area contributed by atoms with Crippen LogP contribution in [0.25, 0.3) is 0 Å². The van der Waals surface area contributed by atoms with E-state index in [9.17, 15) is 0 Å². The average molecular weight is 219 g/mol. The van der Waals surface area contributed by atoms with Gasteiger partial charge in [0, 0.05) is 5.54 Å². The summed E-state index contributed by atoms with van der Waals surface area (Å²) in [6.07, 6.45) is 3.63. The van der Waals surface area contributed by atoms with Crippen molar-refractivity contribution < 1.29 is 4.74 Å². The second-order valence-electron chi connectivity index (χ2n) is 4.96. The molecular weight excluding hydrogens is 198 g/mol. The van der Waals surface area contributed by atoms with Gasteiger partial charge in [-0.25, -0.2) is 0 Å². The zero-order chi connectivity index (χ0) is 11.8. The fourth-order valence-corrected chi connectivity index (χ4v) is 2.21. The molecule has 0 spiro atoms. The van der Waals surface area contributed by atoms with Gasteiger partial charge in [-0.15, -0.1) is 0 Å². The minimum absolute atomic E-state index is 0.342. The minimum atomic E-state index is 0.342. The number of hydrogen-bond acceptors (Lipinski definition) is 2. The Balaban J connectivity index is 2.28. The molecule has 2 rings (SSSR count). The normalized spacial score (nSPS) is 17.2. The van der Waals surface area contributed by atoms with Crippen LogP contribution in [0.15, 0.2) is 12.1 Å². The summed E-state index contributed by atoms with van der Waals surface area (Å²) in [4.78, 5) is 0. The fraction of sp³-hybridized carbons (Fsp3) is 0.571. The fourth-order valence-electron chi connectivity index (χ4n) is 2.21. The van der Waals surface area contributed by atoms with E-state index in [2.05, 4.69) is 38.3 Å². The highest BCUT2D eigenvalue weighted by atomic mass is 16.5. The van der Waals surface area contributed by atoms with E-state index < -0.39 is 0 Å². The first-order valence-corrected chi connectivity index (χ1v) is 5.93. The molecule has 0 aromatic heterocycles. The van der Waals surface area contributed by atoms with Crippen molar-refractivity contribution in [3.8, 4) is 5.75 Å². The van der Waals surface area contributed by atoms with Crippen LogP contribution in [0.5, 0.6) is 5.75 Å². The first-order chi connectivity index (χ1) is 7.60. The zero-order valence-electron chi connectivity index (χ0n) is 10.7. The molecule has 1 N–H and O–H groups in total. The molecule has 1 saturated carbocycles. The van der Waals surface area contributed by atoms with E-state index in [1.54, 1.807) is 7.11 Å². The lowest BCUT2D eigenvalue weighted by Gasteiger charge is -2.17. The van der Waals surface area contributed by atoms with Gasteiger partial charge in [-0.05, 0) is 62.9 Å². The van der Waals surface area contributed by atoms with Crippen LogP contribution in [0.4, 0.5) is 0 Å². The van der Waals surface area contributed by atoms with Gasteiger partial charge in [0.25, 0.3) is 0 Å². The van der Waals surface area contributed by atoms with Gasteiger partial charge in [-0.3, -0.25) is 0 Å². The Kier molecular flexibility index (Phi) is 2.94. The lowest BCUT2D eigenvalue weighted by atomic mass is 9.98. The number of methoxy groups -OCH3 is 1. The third-order valence-electron chi connectivity index (χ3n) is 3.81. The van der Waals surface area contributed by atoms with Crippen LogP contribution in [-0.2, 0) is 6.42 Å². The molecule has 2 nitrogen and oxygen atoms in total. The van der Waals surface area contributed by atoms with Crippen molar-refractivity contribution in [2.75, 3.05) is 14.2 Å². The average Bonchev–Trinajstić information content (AvgIpc) is 3.04. The molecule has 1 aliphatic rings. The molecule has 16 heavy (non-hydrogen) atoms. The van der Waals surface area contributed by atoms with Crippen LogP contribution >= 0.6 is 0 Å². The number of hydrogen-bond donors (Lipinski definition) is 1. The van der Waals surface area contributed by atoms with Gasteiger partial charge in [-0.2, -0.15) is 0 Å². The van der Waals surface area contributed by atoms with E-state index in [4.69, 9.17) is 4.74 Å². The smallest absolute Gasteiger partial charge is 0.122 e. The van der Waals surface area contributed by atoms with Crippen LogP contribution in [0, 0.1) is 13.8 Å². The molecule has 0 saturated heterocycles. The minimum Gasteiger partial charge on any atom is -0.496 e. The highest BCUT2D eigenvalue weighted by Crippen LogP contribution is 2.40. The topological polar surface area (TPSA) is 21.3 Å². The zero-order valence-corrected chi connectivity index (χ0v) is 10.7. The molecule has 0 bridgehead atoms. The third-order valence-corrected chi connectivity index (χ3v) is 3.81. The summed E-state index contributed by atoms with van der Waals surface area (Å²) < 4.78 is 5.47. The lowest BCUT2D eigenvalue weighted by molar-refractivity contribution is 0.404. The van der Waals surface area contributed by atoms with Crippen molar-refractivity contribution >= 4 is 0 Å². The summed E-state index contributed by atoms with van der Waals surface area (Å²) in [6.45, 7) is 4.30. The molecule has 0 radical (unpaired) electrons. The number of ether oxygens (including phenoxy) is 1. The number of rotatable bonds is 4. The number of aryl methyl sites for hydroxylation is 2. The van der Waals surface area contributed by atoms with Crippen molar-refractivity contribution in [3.05, 3.63) is 28.8 Å². The molecule has 1 aliphatic carbocycles. The molecule has 0 atom stereocenters. The Morgan fingerprint density at radius 1 is 1.25 bits per heavy atom. The molecule has 0 amide bonds. The van der Waals surface area contributed by atoms with Crippen molar-refractivity contribution in [1.29, 1.82) is 0 Å². The van der Waals surface area contributed by atoms with Gasteiger partial charge < -0.3 is 10.1 Å². The van der Waals surface area contributed by atoms with Gasteiger partial charge in [-0.1, -0.05) is 6.07 Å². The first kappa shape index (κ1) is 11.5. The van der Waals surface area contributed by atoms with Crippen molar-refractivity contribution in [1.82, 2.24) is 5.32 Å². The Bertz CT molecular complexity index is 394. The number of likely N-dealkylation sites (N-methyl/N-ethyl adjacent to an activating group) is 1. The lowest BCUT2D eigenvalue weighted by Crippen LogP contribution is -2.29. The summed E-state index contributed by atoms with van der Waals surface area (Å²) in [7, 11) is 3.81. The van der Waals surface area contributed by atoms with Gasteiger partial charge in [0.1, 0.15) is 5.75 Å². The van der Waals surface area contributed by atoms with Gasteiger partial charge in [0.05, 0.1) is 7.11 Å². The molecule has 1 fully saturated rings. The maximum Gasteiger partial charge on any atom is 0.122 e. The van der Waals surface area contributed by atoms with E-state index in [-0.39, 0.29) is 0 Å². The maximum atomic E-state index is 5.47. The van der Waals surface area contributed by atoms with E-state index in [0.29, 0.717) is 5.54 Å². The highest BCUT2D eigenvalue weighted by molar-refractivity contribution is 5.43. The van der Waals surface area contributed by atoms with E-state index in [0.717, 1.165) is 12.2 Å². The largest absolute Gasteiger partial charge is 0.496 e. The highest BCUT2D eigenvalue weighted by Gasteiger charge is 2.41. The Labute approximate surface area is 98.0 Å². The number of benzene rings is 1. The predicted molar refractivity (Wildman–Crippen MR) is 67.2 cm³/mol. The quantitative estimate of drug-likeness (QED) is 0.840. The Morgan fingerprint density at radius 2 is 1.88 bits per heavy atom.